The maximum Gasteiger partial charge on any atom is 0.323 e. The molecule has 1 aliphatic rings. The van der Waals surface area contributed by atoms with Crippen molar-refractivity contribution in [3.8, 4) is 22.5 Å². The van der Waals surface area contributed by atoms with Gasteiger partial charge in [-0.2, -0.15) is 0 Å². The second-order valence-electron chi connectivity index (χ2n) is 9.11. The molecule has 176 valence electrons. The average Bonchev–Trinajstić information content (AvgIpc) is 3.54. The van der Waals surface area contributed by atoms with E-state index >= 15 is 0 Å². The number of fused-ring (bicyclic) bond motifs is 2. The Morgan fingerprint density at radius 3 is 2.69 bits per heavy atom. The number of benzene rings is 2. The van der Waals surface area contributed by atoms with Gasteiger partial charge in [0.05, 0.1) is 22.4 Å². The Morgan fingerprint density at radius 2 is 1.89 bits per heavy atom. The van der Waals surface area contributed by atoms with Gasteiger partial charge in [-0.25, -0.2) is 19.2 Å². The zero-order valence-electron chi connectivity index (χ0n) is 19.1. The SMILES string of the molecule is CC(=O)C[C@@H]1CCN(c2nccn3c(-c4ccc5[nH]c(=O)[nH]c5c4)c(-c4ccc(F)cc4)nc23)C1. The monoisotopic (exact) mass is 470 g/mol. The predicted octanol–water partition coefficient (Wildman–Crippen LogP) is 4.18. The third-order valence-corrected chi connectivity index (χ3v) is 6.59. The summed E-state index contributed by atoms with van der Waals surface area (Å²) < 4.78 is 15.7. The molecule has 0 amide bonds. The molecule has 1 aliphatic heterocycles. The van der Waals surface area contributed by atoms with E-state index in [4.69, 9.17) is 4.98 Å². The van der Waals surface area contributed by atoms with Crippen molar-refractivity contribution in [3.63, 3.8) is 0 Å². The van der Waals surface area contributed by atoms with Gasteiger partial charge in [0.2, 0.25) is 0 Å². The van der Waals surface area contributed by atoms with Crippen LogP contribution in [0.1, 0.15) is 19.8 Å². The summed E-state index contributed by atoms with van der Waals surface area (Å²) in [6.45, 7) is 3.18. The van der Waals surface area contributed by atoms with E-state index in [2.05, 4.69) is 19.9 Å². The van der Waals surface area contributed by atoms with Crippen molar-refractivity contribution in [1.29, 1.82) is 0 Å². The number of anilines is 1. The third-order valence-electron chi connectivity index (χ3n) is 6.59. The minimum Gasteiger partial charge on any atom is -0.353 e. The first-order valence-corrected chi connectivity index (χ1v) is 11.6. The minimum absolute atomic E-state index is 0.197. The van der Waals surface area contributed by atoms with Crippen LogP contribution < -0.4 is 10.6 Å². The summed E-state index contributed by atoms with van der Waals surface area (Å²) in [7, 11) is 0. The van der Waals surface area contributed by atoms with Crippen LogP contribution in [0.15, 0.2) is 59.7 Å². The Balaban J connectivity index is 1.54. The predicted molar refractivity (Wildman–Crippen MR) is 132 cm³/mol. The Bertz CT molecular complexity index is 1630. The van der Waals surface area contributed by atoms with E-state index in [1.165, 1.54) is 12.1 Å². The van der Waals surface area contributed by atoms with Crippen LogP contribution in [0.4, 0.5) is 10.2 Å². The molecule has 1 saturated heterocycles. The number of Topliss-reactive ketones (excluding diaryl/α,β-unsaturated/α-hetero) is 1. The van der Waals surface area contributed by atoms with E-state index in [1.54, 1.807) is 25.3 Å². The smallest absolute Gasteiger partial charge is 0.323 e. The molecule has 0 bridgehead atoms. The summed E-state index contributed by atoms with van der Waals surface area (Å²) in [6.07, 6.45) is 5.10. The first-order chi connectivity index (χ1) is 17.0. The summed E-state index contributed by atoms with van der Waals surface area (Å²) in [5.41, 5.74) is 4.96. The lowest BCUT2D eigenvalue weighted by Gasteiger charge is -2.18. The molecule has 0 aliphatic carbocycles. The topological polar surface area (TPSA) is 99.1 Å². The first kappa shape index (κ1) is 21.3. The third kappa shape index (κ3) is 3.78. The van der Waals surface area contributed by atoms with Gasteiger partial charge in [-0.15, -0.1) is 0 Å². The highest BCUT2D eigenvalue weighted by molar-refractivity contribution is 5.89. The number of imidazole rings is 2. The largest absolute Gasteiger partial charge is 0.353 e. The molecule has 4 heterocycles. The zero-order chi connectivity index (χ0) is 24.1. The molecule has 5 aromatic rings. The lowest BCUT2D eigenvalue weighted by Crippen LogP contribution is -2.22. The number of halogens is 1. The molecule has 35 heavy (non-hydrogen) atoms. The average molecular weight is 471 g/mol. The van der Waals surface area contributed by atoms with E-state index < -0.39 is 0 Å². The van der Waals surface area contributed by atoms with Crippen LogP contribution in [0.3, 0.4) is 0 Å². The van der Waals surface area contributed by atoms with Crippen molar-refractivity contribution in [2.75, 3.05) is 18.0 Å². The summed E-state index contributed by atoms with van der Waals surface area (Å²) in [4.78, 5) is 40.9. The zero-order valence-corrected chi connectivity index (χ0v) is 19.1. The number of aromatic amines is 2. The van der Waals surface area contributed by atoms with E-state index in [0.29, 0.717) is 34.7 Å². The van der Waals surface area contributed by atoms with Crippen LogP contribution >= 0.6 is 0 Å². The number of hydrogen-bond acceptors (Lipinski definition) is 5. The van der Waals surface area contributed by atoms with Gasteiger partial charge in [0, 0.05) is 43.0 Å². The van der Waals surface area contributed by atoms with Gasteiger partial charge in [0.25, 0.3) is 0 Å². The maximum absolute atomic E-state index is 13.7. The molecule has 0 spiro atoms. The lowest BCUT2D eigenvalue weighted by atomic mass is 10.0. The summed E-state index contributed by atoms with van der Waals surface area (Å²) >= 11 is 0. The van der Waals surface area contributed by atoms with Gasteiger partial charge in [-0.05, 0) is 55.7 Å². The molecular formula is C26H23FN6O2. The van der Waals surface area contributed by atoms with Crippen LogP contribution in [0.2, 0.25) is 0 Å². The normalized spacial score (nSPS) is 15.9. The molecule has 8 nitrogen and oxygen atoms in total. The molecule has 6 rings (SSSR count). The van der Waals surface area contributed by atoms with Crippen LogP contribution in [-0.4, -0.2) is 43.2 Å². The fourth-order valence-corrected chi connectivity index (χ4v) is 5.05. The highest BCUT2D eigenvalue weighted by Crippen LogP contribution is 2.37. The number of nitrogens with one attached hydrogen (secondary N) is 2. The van der Waals surface area contributed by atoms with Gasteiger partial charge < -0.3 is 19.7 Å². The van der Waals surface area contributed by atoms with Gasteiger partial charge in [0.15, 0.2) is 11.5 Å². The quantitative estimate of drug-likeness (QED) is 0.402. The van der Waals surface area contributed by atoms with Gasteiger partial charge in [-0.3, -0.25) is 4.40 Å². The second-order valence-corrected chi connectivity index (χ2v) is 9.11. The molecule has 0 saturated carbocycles. The van der Waals surface area contributed by atoms with Crippen LogP contribution in [-0.2, 0) is 4.79 Å². The Labute approximate surface area is 199 Å². The number of rotatable bonds is 5. The van der Waals surface area contributed by atoms with Crippen LogP contribution in [0.25, 0.3) is 39.2 Å². The van der Waals surface area contributed by atoms with Crippen LogP contribution in [0, 0.1) is 11.7 Å². The number of carbonyl (C=O) groups is 1. The molecule has 2 aromatic carbocycles. The van der Waals surface area contributed by atoms with E-state index in [9.17, 15) is 14.0 Å². The van der Waals surface area contributed by atoms with E-state index in [-0.39, 0.29) is 17.3 Å². The molecule has 9 heteroatoms. The minimum atomic E-state index is -0.318. The number of ketones is 1. The number of nitrogens with zero attached hydrogens (tertiary/aromatic N) is 4. The van der Waals surface area contributed by atoms with E-state index in [0.717, 1.165) is 42.1 Å². The fraction of sp³-hybridized carbons (Fsp3) is 0.231. The second kappa shape index (κ2) is 8.19. The van der Waals surface area contributed by atoms with Crippen molar-refractivity contribution in [2.24, 2.45) is 5.92 Å². The van der Waals surface area contributed by atoms with Crippen molar-refractivity contribution >= 4 is 28.3 Å². The van der Waals surface area contributed by atoms with Crippen molar-refractivity contribution in [2.45, 2.75) is 19.8 Å². The molecule has 1 fully saturated rings. The standard InChI is InChI=1S/C26H23FN6O2/c1-15(34)12-16-8-10-32(14-16)24-25-31-22(17-2-5-19(27)6-3-17)23(33(25)11-9-28-24)18-4-7-20-21(13-18)30-26(35)29-20/h2-7,9,11,13,16H,8,10,12,14H2,1H3,(H2,29,30,35)/t16-/m0/s1. The number of H-pyrrole nitrogens is 2. The Hall–Kier alpha value is -4.27. The van der Waals surface area contributed by atoms with Crippen molar-refractivity contribution in [3.05, 3.63) is 71.2 Å². The summed E-state index contributed by atoms with van der Waals surface area (Å²) in [5, 5.41) is 0. The lowest BCUT2D eigenvalue weighted by molar-refractivity contribution is -0.117. The van der Waals surface area contributed by atoms with Gasteiger partial charge >= 0.3 is 5.69 Å². The Kier molecular flexibility index (Phi) is 4.98. The van der Waals surface area contributed by atoms with Crippen molar-refractivity contribution in [1.82, 2.24) is 24.3 Å². The Morgan fingerprint density at radius 1 is 1.11 bits per heavy atom. The maximum atomic E-state index is 13.7. The van der Waals surface area contributed by atoms with Gasteiger partial charge in [0.1, 0.15) is 11.6 Å². The van der Waals surface area contributed by atoms with Gasteiger partial charge in [-0.1, -0.05) is 6.07 Å². The molecule has 1 atom stereocenters. The number of hydrogen-bond donors (Lipinski definition) is 2. The van der Waals surface area contributed by atoms with E-state index in [1.807, 2.05) is 28.8 Å². The number of aromatic nitrogens is 5. The molecule has 0 unspecified atom stereocenters. The summed E-state index contributed by atoms with van der Waals surface area (Å²) in [5.74, 6) is 0.932. The first-order valence-electron chi connectivity index (χ1n) is 11.6. The number of carbonyl (C=O) groups excluding carboxylic acids is 1. The highest BCUT2D eigenvalue weighted by atomic mass is 19.1. The van der Waals surface area contributed by atoms with Crippen molar-refractivity contribution < 1.29 is 9.18 Å². The molecule has 3 aromatic heterocycles. The fourth-order valence-electron chi connectivity index (χ4n) is 5.05. The van der Waals surface area contributed by atoms with Crippen LogP contribution in [0.5, 0.6) is 0 Å². The summed E-state index contributed by atoms with van der Waals surface area (Å²) in [6, 6.07) is 11.9. The molecule has 2 N–H and O–H groups in total. The molecule has 0 radical (unpaired) electrons. The molecular weight excluding hydrogens is 447 g/mol. The highest BCUT2D eigenvalue weighted by Gasteiger charge is 2.28.